The molecule has 7 heteroatoms. The van der Waals surface area contributed by atoms with Crippen LogP contribution in [0.2, 0.25) is 0 Å². The third-order valence-corrected chi connectivity index (χ3v) is 0.947. The van der Waals surface area contributed by atoms with E-state index in [9.17, 15) is 17.6 Å². The van der Waals surface area contributed by atoms with Crippen LogP contribution in [-0.4, -0.2) is 23.0 Å². The molecule has 1 N–H and O–H groups in total. The van der Waals surface area contributed by atoms with Crippen LogP contribution in [0.3, 0.4) is 0 Å². The zero-order valence-electron chi connectivity index (χ0n) is 4.75. The van der Waals surface area contributed by atoms with Gasteiger partial charge in [-0.25, -0.2) is 4.39 Å². The number of halogens is 5. The van der Waals surface area contributed by atoms with Crippen molar-refractivity contribution in [2.75, 3.05) is 6.61 Å². The molecule has 1 unspecified atom stereocenters. The van der Waals surface area contributed by atoms with E-state index in [1.807, 2.05) is 0 Å². The summed E-state index contributed by atoms with van der Waals surface area (Å²) in [5.74, 6) is 0. The Bertz CT molecular complexity index is 103. The molecule has 10 heavy (non-hydrogen) atoms. The maximum atomic E-state index is 11.7. The number of alkyl halides is 5. The fourth-order valence-corrected chi connectivity index (χ4v) is 0.0896. The standard InChI is InChI=1S/C3H3ClF4O.Zn/c4-2(5,1-9)3(6,7)8;/h9H,1H2;. The molecular weight excluding hydrogens is 229 g/mol. The average Bonchev–Trinajstić information content (AvgIpc) is 1.64. The normalized spacial score (nSPS) is 17.4. The Balaban J connectivity index is 0. The van der Waals surface area contributed by atoms with Crippen LogP contribution in [-0.2, 0) is 19.5 Å². The van der Waals surface area contributed by atoms with Gasteiger partial charge in [0.25, 0.3) is 0 Å². The van der Waals surface area contributed by atoms with Crippen LogP contribution < -0.4 is 0 Å². The Morgan fingerprint density at radius 2 is 1.50 bits per heavy atom. The fraction of sp³-hybridized carbons (Fsp3) is 1.00. The second-order valence-corrected chi connectivity index (χ2v) is 1.96. The van der Waals surface area contributed by atoms with E-state index in [2.05, 4.69) is 11.6 Å². The summed E-state index contributed by atoms with van der Waals surface area (Å²) in [6.45, 7) is -1.77. The number of aliphatic hydroxyl groups excluding tert-OH is 1. The van der Waals surface area contributed by atoms with Crippen molar-refractivity contribution in [2.24, 2.45) is 0 Å². The van der Waals surface area contributed by atoms with Crippen LogP contribution in [0, 0.1) is 0 Å². The maximum absolute atomic E-state index is 11.7. The molecule has 0 fully saturated rings. The molecule has 0 aromatic heterocycles. The van der Waals surface area contributed by atoms with Crippen molar-refractivity contribution in [3.8, 4) is 0 Å². The van der Waals surface area contributed by atoms with Crippen molar-refractivity contribution in [1.29, 1.82) is 0 Å². The van der Waals surface area contributed by atoms with Crippen LogP contribution >= 0.6 is 11.6 Å². The van der Waals surface area contributed by atoms with E-state index in [0.29, 0.717) is 0 Å². The molecule has 1 atom stereocenters. The smallest absolute Gasteiger partial charge is 0.391 e. The van der Waals surface area contributed by atoms with Gasteiger partial charge < -0.3 is 5.11 Å². The number of aliphatic hydroxyl groups is 1. The van der Waals surface area contributed by atoms with Gasteiger partial charge in [0.1, 0.15) is 6.61 Å². The Labute approximate surface area is 72.1 Å². The molecule has 0 aromatic rings. The molecule has 0 radical (unpaired) electrons. The molecule has 0 heterocycles. The molecule has 0 spiro atoms. The Hall–Kier alpha value is 0.593. The maximum Gasteiger partial charge on any atom is 0.439 e. The van der Waals surface area contributed by atoms with E-state index in [4.69, 9.17) is 5.11 Å². The zero-order valence-corrected chi connectivity index (χ0v) is 8.47. The van der Waals surface area contributed by atoms with Crippen molar-refractivity contribution >= 4 is 11.6 Å². The SMILES string of the molecule is OCC(F)(Cl)C(F)(F)F.[Zn]. The van der Waals surface area contributed by atoms with Crippen LogP contribution in [0.25, 0.3) is 0 Å². The average molecular weight is 232 g/mol. The molecule has 58 valence electrons. The predicted molar refractivity (Wildman–Crippen MR) is 22.8 cm³/mol. The number of rotatable bonds is 1. The molecule has 0 bridgehead atoms. The van der Waals surface area contributed by atoms with E-state index in [1.165, 1.54) is 0 Å². The molecule has 0 aliphatic rings. The molecule has 0 saturated carbocycles. The van der Waals surface area contributed by atoms with Gasteiger partial charge in [-0.3, -0.25) is 0 Å². The van der Waals surface area contributed by atoms with Gasteiger partial charge in [0, 0.05) is 19.5 Å². The van der Waals surface area contributed by atoms with Crippen LogP contribution in [0.1, 0.15) is 0 Å². The first-order chi connectivity index (χ1) is 3.81. The van der Waals surface area contributed by atoms with Crippen LogP contribution in [0.5, 0.6) is 0 Å². The first kappa shape index (κ1) is 13.2. The van der Waals surface area contributed by atoms with Gasteiger partial charge in [-0.05, 0) is 0 Å². The van der Waals surface area contributed by atoms with Crippen molar-refractivity contribution in [3.63, 3.8) is 0 Å². The molecule has 0 aromatic carbocycles. The quantitative estimate of drug-likeness (QED) is 0.412. The summed E-state index contributed by atoms with van der Waals surface area (Å²) in [5, 5.41) is 3.71. The van der Waals surface area contributed by atoms with Gasteiger partial charge in [0.05, 0.1) is 0 Å². The van der Waals surface area contributed by atoms with Crippen LogP contribution in [0.15, 0.2) is 0 Å². The van der Waals surface area contributed by atoms with E-state index >= 15 is 0 Å². The van der Waals surface area contributed by atoms with E-state index < -0.39 is 17.9 Å². The third kappa shape index (κ3) is 3.12. The molecule has 0 saturated heterocycles. The number of hydrogen-bond acceptors (Lipinski definition) is 1. The van der Waals surface area contributed by atoms with Gasteiger partial charge >= 0.3 is 11.3 Å². The summed E-state index contributed by atoms with van der Waals surface area (Å²) >= 11 is 4.16. The summed E-state index contributed by atoms with van der Waals surface area (Å²) in [6, 6.07) is 0. The van der Waals surface area contributed by atoms with Gasteiger partial charge in [0.2, 0.25) is 0 Å². The van der Waals surface area contributed by atoms with Crippen molar-refractivity contribution in [1.82, 2.24) is 0 Å². The summed E-state index contributed by atoms with van der Waals surface area (Å²) in [5.41, 5.74) is 0. The fourth-order valence-electron chi connectivity index (χ4n) is 0.0896. The Kier molecular flexibility index (Phi) is 5.06. The Morgan fingerprint density at radius 3 is 1.50 bits per heavy atom. The third-order valence-electron chi connectivity index (χ3n) is 0.613. The second-order valence-electron chi connectivity index (χ2n) is 1.36. The summed E-state index contributed by atoms with van der Waals surface area (Å²) in [7, 11) is 0. The molecule has 0 amide bonds. The molecule has 0 aliphatic heterocycles. The zero-order chi connectivity index (χ0) is 7.71. The van der Waals surface area contributed by atoms with Gasteiger partial charge in [0.15, 0.2) is 0 Å². The minimum Gasteiger partial charge on any atom is -0.391 e. The minimum absolute atomic E-state index is 0. The second kappa shape index (κ2) is 3.83. The minimum atomic E-state index is -5.21. The Morgan fingerprint density at radius 1 is 1.20 bits per heavy atom. The summed E-state index contributed by atoms with van der Waals surface area (Å²) < 4.78 is 45.2. The van der Waals surface area contributed by atoms with Gasteiger partial charge in [-0.1, -0.05) is 11.6 Å². The van der Waals surface area contributed by atoms with E-state index in [1.54, 1.807) is 0 Å². The molecule has 0 rings (SSSR count). The van der Waals surface area contributed by atoms with Gasteiger partial charge in [-0.2, -0.15) is 13.2 Å². The van der Waals surface area contributed by atoms with Crippen molar-refractivity contribution in [3.05, 3.63) is 0 Å². The largest absolute Gasteiger partial charge is 0.439 e. The molecular formula is C3H3ClF4OZn. The van der Waals surface area contributed by atoms with E-state index in [-0.39, 0.29) is 19.5 Å². The monoisotopic (exact) mass is 230 g/mol. The molecule has 0 aliphatic carbocycles. The van der Waals surface area contributed by atoms with E-state index in [0.717, 1.165) is 0 Å². The van der Waals surface area contributed by atoms with Crippen LogP contribution in [0.4, 0.5) is 17.6 Å². The topological polar surface area (TPSA) is 20.2 Å². The first-order valence-corrected chi connectivity index (χ1v) is 2.24. The number of hydrogen-bond donors (Lipinski definition) is 1. The predicted octanol–water partition coefficient (Wildman–Crippen LogP) is 1.44. The molecule has 1 nitrogen and oxygen atoms in total. The van der Waals surface area contributed by atoms with Crippen molar-refractivity contribution in [2.45, 2.75) is 11.3 Å². The van der Waals surface area contributed by atoms with Gasteiger partial charge in [-0.15, -0.1) is 0 Å². The summed E-state index contributed by atoms with van der Waals surface area (Å²) in [4.78, 5) is 0. The van der Waals surface area contributed by atoms with Crippen molar-refractivity contribution < 1.29 is 42.1 Å². The first-order valence-electron chi connectivity index (χ1n) is 1.86. The summed E-state index contributed by atoms with van der Waals surface area (Å²) in [6.07, 6.45) is -5.21.